The molecule has 0 radical (unpaired) electrons. The predicted molar refractivity (Wildman–Crippen MR) is 83.3 cm³/mol. The number of fused-ring (bicyclic) bond motifs is 1. The van der Waals surface area contributed by atoms with Crippen LogP contribution in [0.1, 0.15) is 29.7 Å². The molecule has 4 nitrogen and oxygen atoms in total. The number of nitrogens with zero attached hydrogens (tertiary/aromatic N) is 1. The Hall–Kier alpha value is -2.33. The number of aliphatic hydroxyl groups is 1. The molecule has 0 aromatic heterocycles. The van der Waals surface area contributed by atoms with Crippen molar-refractivity contribution in [2.24, 2.45) is 0 Å². The average Bonchev–Trinajstić information content (AvgIpc) is 2.97. The summed E-state index contributed by atoms with van der Waals surface area (Å²) >= 11 is 0. The van der Waals surface area contributed by atoms with E-state index in [0.29, 0.717) is 13.1 Å². The van der Waals surface area contributed by atoms with Crippen LogP contribution in [0.5, 0.6) is 5.75 Å². The van der Waals surface area contributed by atoms with Crippen molar-refractivity contribution in [2.45, 2.75) is 26.1 Å². The Morgan fingerprint density at radius 3 is 2.64 bits per heavy atom. The first kappa shape index (κ1) is 14.6. The van der Waals surface area contributed by atoms with E-state index < -0.39 is 6.10 Å². The van der Waals surface area contributed by atoms with E-state index in [1.807, 2.05) is 48.5 Å². The van der Waals surface area contributed by atoms with Crippen LogP contribution in [-0.4, -0.2) is 22.5 Å². The van der Waals surface area contributed by atoms with Crippen molar-refractivity contribution in [1.82, 2.24) is 4.90 Å². The van der Waals surface area contributed by atoms with E-state index in [1.165, 1.54) is 0 Å². The zero-order chi connectivity index (χ0) is 15.5. The number of para-hydroxylation sites is 1. The second kappa shape index (κ2) is 6.20. The van der Waals surface area contributed by atoms with Crippen molar-refractivity contribution in [3.63, 3.8) is 0 Å². The zero-order valence-electron chi connectivity index (χ0n) is 12.5. The average molecular weight is 297 g/mol. The summed E-state index contributed by atoms with van der Waals surface area (Å²) in [4.78, 5) is 13.2. The molecular weight excluding hydrogens is 278 g/mol. The van der Waals surface area contributed by atoms with Crippen molar-refractivity contribution in [2.75, 3.05) is 6.61 Å². The highest BCUT2D eigenvalue weighted by molar-refractivity contribution is 5.74. The lowest BCUT2D eigenvalue weighted by molar-refractivity contribution is -0.129. The smallest absolute Gasteiger partial charge is 0.220 e. The number of hydrogen-bond donors (Lipinski definition) is 1. The molecule has 2 aromatic rings. The number of benzene rings is 2. The maximum atomic E-state index is 11.4. The molecule has 0 saturated heterocycles. The molecule has 1 amide bonds. The van der Waals surface area contributed by atoms with Crippen LogP contribution in [0.3, 0.4) is 0 Å². The highest BCUT2D eigenvalue weighted by Crippen LogP contribution is 2.26. The van der Waals surface area contributed by atoms with E-state index in [2.05, 4.69) is 0 Å². The summed E-state index contributed by atoms with van der Waals surface area (Å²) in [6.07, 6.45) is -0.683. The molecule has 1 aliphatic rings. The van der Waals surface area contributed by atoms with Gasteiger partial charge in [0, 0.05) is 20.0 Å². The Morgan fingerprint density at radius 2 is 1.91 bits per heavy atom. The third-order valence-electron chi connectivity index (χ3n) is 3.93. The molecule has 1 heterocycles. The monoisotopic (exact) mass is 297 g/mol. The van der Waals surface area contributed by atoms with Crippen LogP contribution in [0.15, 0.2) is 48.5 Å². The van der Waals surface area contributed by atoms with Crippen LogP contribution in [0.25, 0.3) is 0 Å². The molecule has 0 fully saturated rings. The molecule has 1 aliphatic heterocycles. The van der Waals surface area contributed by atoms with Gasteiger partial charge in [-0.2, -0.15) is 0 Å². The van der Waals surface area contributed by atoms with E-state index in [0.717, 1.165) is 22.4 Å². The lowest BCUT2D eigenvalue weighted by atomic mass is 10.0. The second-order valence-electron chi connectivity index (χ2n) is 5.54. The molecule has 0 saturated carbocycles. The summed E-state index contributed by atoms with van der Waals surface area (Å²) in [6.45, 7) is 3.06. The molecule has 1 N–H and O–H groups in total. The van der Waals surface area contributed by atoms with Gasteiger partial charge in [-0.05, 0) is 28.8 Å². The van der Waals surface area contributed by atoms with Crippen molar-refractivity contribution < 1.29 is 14.6 Å². The maximum absolute atomic E-state index is 11.4. The first-order valence-electron chi connectivity index (χ1n) is 7.36. The van der Waals surface area contributed by atoms with E-state index in [1.54, 1.807) is 11.8 Å². The standard InChI is InChI=1S/C18H19NO3/c1-13(20)19-10-15-8-7-14(9-16(15)11-19)18(21)12-22-17-5-3-2-4-6-17/h2-9,18,21H,10-12H2,1H3. The topological polar surface area (TPSA) is 49.8 Å². The lowest BCUT2D eigenvalue weighted by Gasteiger charge is -2.13. The molecule has 3 rings (SSSR count). The minimum Gasteiger partial charge on any atom is -0.491 e. The second-order valence-corrected chi connectivity index (χ2v) is 5.54. The molecule has 0 spiro atoms. The van der Waals surface area contributed by atoms with Gasteiger partial charge in [-0.25, -0.2) is 0 Å². The molecule has 1 atom stereocenters. The van der Waals surface area contributed by atoms with E-state index >= 15 is 0 Å². The number of carbonyl (C=O) groups excluding carboxylic acids is 1. The van der Waals surface area contributed by atoms with Crippen LogP contribution in [0, 0.1) is 0 Å². The fourth-order valence-electron chi connectivity index (χ4n) is 2.63. The van der Waals surface area contributed by atoms with Gasteiger partial charge in [0.05, 0.1) is 0 Å². The fourth-order valence-corrected chi connectivity index (χ4v) is 2.63. The van der Waals surface area contributed by atoms with Gasteiger partial charge < -0.3 is 14.7 Å². The lowest BCUT2D eigenvalue weighted by Crippen LogP contribution is -2.21. The molecule has 1 unspecified atom stereocenters. The van der Waals surface area contributed by atoms with Crippen molar-refractivity contribution in [3.05, 3.63) is 65.2 Å². The Bertz CT molecular complexity index is 669. The summed E-state index contributed by atoms with van der Waals surface area (Å²) in [5.74, 6) is 0.816. The summed E-state index contributed by atoms with van der Waals surface area (Å²) in [5.41, 5.74) is 3.07. The molecular formula is C18H19NO3. The first-order valence-corrected chi connectivity index (χ1v) is 7.36. The molecule has 2 aromatic carbocycles. The number of hydrogen-bond acceptors (Lipinski definition) is 3. The number of amides is 1. The Balaban J connectivity index is 1.66. The predicted octanol–water partition coefficient (Wildman–Crippen LogP) is 2.66. The van der Waals surface area contributed by atoms with Gasteiger partial charge in [0.25, 0.3) is 0 Å². The Morgan fingerprint density at radius 1 is 1.18 bits per heavy atom. The summed E-state index contributed by atoms with van der Waals surface area (Å²) in [6, 6.07) is 15.3. The maximum Gasteiger partial charge on any atom is 0.220 e. The first-order chi connectivity index (χ1) is 10.6. The summed E-state index contributed by atoms with van der Waals surface area (Å²) < 4.78 is 5.59. The van der Waals surface area contributed by atoms with Gasteiger partial charge in [-0.3, -0.25) is 4.79 Å². The van der Waals surface area contributed by atoms with Gasteiger partial charge in [0.1, 0.15) is 18.5 Å². The van der Waals surface area contributed by atoms with Crippen molar-refractivity contribution in [3.8, 4) is 5.75 Å². The van der Waals surface area contributed by atoms with Crippen molar-refractivity contribution >= 4 is 5.91 Å². The van der Waals surface area contributed by atoms with Gasteiger partial charge in [0.15, 0.2) is 0 Å². The SMILES string of the molecule is CC(=O)N1Cc2ccc(C(O)COc3ccccc3)cc2C1. The third kappa shape index (κ3) is 3.12. The molecule has 0 aliphatic carbocycles. The molecule has 114 valence electrons. The Kier molecular flexibility index (Phi) is 4.11. The van der Waals surface area contributed by atoms with Gasteiger partial charge >= 0.3 is 0 Å². The molecule has 4 heteroatoms. The van der Waals surface area contributed by atoms with Gasteiger partial charge in [-0.15, -0.1) is 0 Å². The Labute approximate surface area is 130 Å². The van der Waals surface area contributed by atoms with E-state index in [4.69, 9.17) is 4.74 Å². The fraction of sp³-hybridized carbons (Fsp3) is 0.278. The van der Waals surface area contributed by atoms with E-state index in [9.17, 15) is 9.90 Å². The number of aliphatic hydroxyl groups excluding tert-OH is 1. The van der Waals surface area contributed by atoms with Crippen LogP contribution >= 0.6 is 0 Å². The van der Waals surface area contributed by atoms with Gasteiger partial charge in [-0.1, -0.05) is 36.4 Å². The number of ether oxygens (including phenoxy) is 1. The number of rotatable bonds is 4. The minimum absolute atomic E-state index is 0.0747. The highest BCUT2D eigenvalue weighted by Gasteiger charge is 2.22. The van der Waals surface area contributed by atoms with Crippen LogP contribution in [-0.2, 0) is 17.9 Å². The molecule has 0 bridgehead atoms. The minimum atomic E-state index is -0.683. The normalized spacial score (nSPS) is 14.5. The largest absolute Gasteiger partial charge is 0.491 e. The van der Waals surface area contributed by atoms with Crippen LogP contribution < -0.4 is 4.74 Å². The van der Waals surface area contributed by atoms with Crippen molar-refractivity contribution in [1.29, 1.82) is 0 Å². The zero-order valence-corrected chi connectivity index (χ0v) is 12.5. The third-order valence-corrected chi connectivity index (χ3v) is 3.93. The van der Waals surface area contributed by atoms with E-state index in [-0.39, 0.29) is 12.5 Å². The van der Waals surface area contributed by atoms with Gasteiger partial charge in [0.2, 0.25) is 5.91 Å². The quantitative estimate of drug-likeness (QED) is 0.944. The molecule has 22 heavy (non-hydrogen) atoms. The number of carbonyl (C=O) groups is 1. The van der Waals surface area contributed by atoms with Crippen LogP contribution in [0.4, 0.5) is 0 Å². The van der Waals surface area contributed by atoms with Crippen LogP contribution in [0.2, 0.25) is 0 Å². The highest BCUT2D eigenvalue weighted by atomic mass is 16.5. The summed E-state index contributed by atoms with van der Waals surface area (Å²) in [5, 5.41) is 10.3. The summed E-state index contributed by atoms with van der Waals surface area (Å²) in [7, 11) is 0.